The third-order valence-electron chi connectivity index (χ3n) is 3.09. The van der Waals surface area contributed by atoms with E-state index in [1.54, 1.807) is 11.3 Å². The molecule has 2 rings (SSSR count). The first-order valence-corrected chi connectivity index (χ1v) is 8.17. The van der Waals surface area contributed by atoms with E-state index in [0.29, 0.717) is 6.61 Å². The van der Waals surface area contributed by atoms with Crippen molar-refractivity contribution >= 4 is 27.3 Å². The standard InChI is InChI=1S/C15H18BrNOS/c1-9-5-13(7-16)6-10(2)15(9)18-8-14-17-11(3)12(4)19-14/h5-6H,7-8H2,1-4H3. The number of hydrogen-bond acceptors (Lipinski definition) is 3. The predicted molar refractivity (Wildman–Crippen MR) is 84.5 cm³/mol. The lowest BCUT2D eigenvalue weighted by molar-refractivity contribution is 0.301. The number of halogens is 1. The Kier molecular flexibility index (Phi) is 4.63. The number of hydrogen-bond donors (Lipinski definition) is 0. The molecule has 0 fully saturated rings. The van der Waals surface area contributed by atoms with Crippen LogP contribution in [-0.4, -0.2) is 4.98 Å². The fourth-order valence-electron chi connectivity index (χ4n) is 2.08. The van der Waals surface area contributed by atoms with Crippen LogP contribution in [0.5, 0.6) is 5.75 Å². The summed E-state index contributed by atoms with van der Waals surface area (Å²) in [5, 5.41) is 1.91. The fraction of sp³-hybridized carbons (Fsp3) is 0.400. The van der Waals surface area contributed by atoms with Crippen LogP contribution in [0.1, 0.15) is 32.3 Å². The first kappa shape index (κ1) is 14.5. The lowest BCUT2D eigenvalue weighted by Gasteiger charge is -2.12. The second-order valence-corrected chi connectivity index (χ2v) is 6.58. The van der Waals surface area contributed by atoms with Gasteiger partial charge in [0.15, 0.2) is 0 Å². The molecule has 0 amide bonds. The Hall–Kier alpha value is -0.870. The van der Waals surface area contributed by atoms with Gasteiger partial charge in [-0.15, -0.1) is 11.3 Å². The lowest BCUT2D eigenvalue weighted by Crippen LogP contribution is -1.99. The molecule has 19 heavy (non-hydrogen) atoms. The van der Waals surface area contributed by atoms with Crippen LogP contribution in [0.2, 0.25) is 0 Å². The van der Waals surface area contributed by atoms with E-state index >= 15 is 0 Å². The molecule has 0 bridgehead atoms. The van der Waals surface area contributed by atoms with E-state index in [0.717, 1.165) is 21.8 Å². The van der Waals surface area contributed by atoms with Crippen molar-refractivity contribution in [3.63, 3.8) is 0 Å². The van der Waals surface area contributed by atoms with Crippen molar-refractivity contribution in [1.29, 1.82) is 0 Å². The van der Waals surface area contributed by atoms with E-state index in [2.05, 4.69) is 53.8 Å². The van der Waals surface area contributed by atoms with Crippen molar-refractivity contribution in [3.05, 3.63) is 44.4 Å². The minimum atomic E-state index is 0.550. The summed E-state index contributed by atoms with van der Waals surface area (Å²) >= 11 is 5.20. The maximum Gasteiger partial charge on any atom is 0.140 e. The minimum absolute atomic E-state index is 0.550. The Balaban J connectivity index is 2.15. The summed E-state index contributed by atoms with van der Waals surface area (Å²) in [5.41, 5.74) is 4.74. The van der Waals surface area contributed by atoms with E-state index in [1.165, 1.54) is 21.6 Å². The van der Waals surface area contributed by atoms with Gasteiger partial charge in [-0.3, -0.25) is 0 Å². The van der Waals surface area contributed by atoms with Crippen LogP contribution in [0.4, 0.5) is 0 Å². The quantitative estimate of drug-likeness (QED) is 0.742. The zero-order valence-corrected chi connectivity index (χ0v) is 14.1. The van der Waals surface area contributed by atoms with E-state index in [1.807, 2.05) is 6.92 Å². The number of thiazole rings is 1. The van der Waals surface area contributed by atoms with Crippen molar-refractivity contribution < 1.29 is 4.74 Å². The molecule has 0 saturated heterocycles. The molecule has 0 spiro atoms. The number of ether oxygens (including phenoxy) is 1. The van der Waals surface area contributed by atoms with E-state index in [4.69, 9.17) is 4.74 Å². The van der Waals surface area contributed by atoms with Crippen molar-refractivity contribution in [2.75, 3.05) is 0 Å². The second-order valence-electron chi connectivity index (χ2n) is 4.73. The first-order chi connectivity index (χ1) is 9.01. The normalized spacial score (nSPS) is 10.8. The molecule has 0 aliphatic rings. The molecule has 0 unspecified atom stereocenters. The van der Waals surface area contributed by atoms with Gasteiger partial charge < -0.3 is 4.74 Å². The highest BCUT2D eigenvalue weighted by Gasteiger charge is 2.09. The van der Waals surface area contributed by atoms with Gasteiger partial charge in [0.25, 0.3) is 0 Å². The fourth-order valence-corrected chi connectivity index (χ4v) is 3.25. The summed E-state index contributed by atoms with van der Waals surface area (Å²) in [6.45, 7) is 8.86. The van der Waals surface area contributed by atoms with Crippen LogP contribution in [0.3, 0.4) is 0 Å². The van der Waals surface area contributed by atoms with Crippen LogP contribution < -0.4 is 4.74 Å². The molecule has 0 saturated carbocycles. The number of nitrogens with zero attached hydrogens (tertiary/aromatic N) is 1. The minimum Gasteiger partial charge on any atom is -0.486 e. The molecular formula is C15H18BrNOS. The van der Waals surface area contributed by atoms with Gasteiger partial charge >= 0.3 is 0 Å². The van der Waals surface area contributed by atoms with Crippen molar-refractivity contribution in [2.24, 2.45) is 0 Å². The van der Waals surface area contributed by atoms with Crippen LogP contribution in [0.15, 0.2) is 12.1 Å². The zero-order chi connectivity index (χ0) is 14.0. The van der Waals surface area contributed by atoms with Gasteiger partial charge in [-0.25, -0.2) is 4.98 Å². The topological polar surface area (TPSA) is 22.1 Å². The Bertz CT molecular complexity index is 549. The smallest absolute Gasteiger partial charge is 0.140 e. The molecule has 102 valence electrons. The Labute approximate surface area is 127 Å². The van der Waals surface area contributed by atoms with Gasteiger partial charge in [0.05, 0.1) is 5.69 Å². The summed E-state index contributed by atoms with van der Waals surface area (Å²) in [4.78, 5) is 5.77. The maximum absolute atomic E-state index is 5.95. The van der Waals surface area contributed by atoms with Crippen LogP contribution >= 0.6 is 27.3 Å². The van der Waals surface area contributed by atoms with Gasteiger partial charge in [0.1, 0.15) is 17.4 Å². The van der Waals surface area contributed by atoms with Gasteiger partial charge in [0.2, 0.25) is 0 Å². The zero-order valence-electron chi connectivity index (χ0n) is 11.7. The number of rotatable bonds is 4. The molecule has 0 atom stereocenters. The number of aromatic nitrogens is 1. The maximum atomic E-state index is 5.95. The van der Waals surface area contributed by atoms with Crippen LogP contribution in [0.25, 0.3) is 0 Å². The highest BCUT2D eigenvalue weighted by molar-refractivity contribution is 9.08. The molecule has 0 aliphatic heterocycles. The lowest BCUT2D eigenvalue weighted by atomic mass is 10.1. The molecule has 0 radical (unpaired) electrons. The molecule has 2 nitrogen and oxygen atoms in total. The molecule has 1 heterocycles. The predicted octanol–water partition coefficient (Wildman–Crippen LogP) is 4.85. The van der Waals surface area contributed by atoms with E-state index in [9.17, 15) is 0 Å². The average Bonchev–Trinajstić information content (AvgIpc) is 2.67. The SMILES string of the molecule is Cc1cc(CBr)cc(C)c1OCc1nc(C)c(C)s1. The van der Waals surface area contributed by atoms with Crippen molar-refractivity contribution in [1.82, 2.24) is 4.98 Å². The Morgan fingerprint density at radius 1 is 1.16 bits per heavy atom. The van der Waals surface area contributed by atoms with Crippen molar-refractivity contribution in [3.8, 4) is 5.75 Å². The van der Waals surface area contributed by atoms with Gasteiger partial charge in [-0.05, 0) is 44.4 Å². The summed E-state index contributed by atoms with van der Waals surface area (Å²) in [7, 11) is 0. The number of aryl methyl sites for hydroxylation is 4. The van der Waals surface area contributed by atoms with Crippen LogP contribution in [-0.2, 0) is 11.9 Å². The molecule has 4 heteroatoms. The largest absolute Gasteiger partial charge is 0.486 e. The third-order valence-corrected chi connectivity index (χ3v) is 4.78. The average molecular weight is 340 g/mol. The molecular weight excluding hydrogens is 322 g/mol. The highest BCUT2D eigenvalue weighted by Crippen LogP contribution is 2.27. The summed E-state index contributed by atoms with van der Waals surface area (Å²) in [5.74, 6) is 0.982. The Morgan fingerprint density at radius 3 is 2.26 bits per heavy atom. The van der Waals surface area contributed by atoms with E-state index < -0.39 is 0 Å². The molecule has 1 aromatic heterocycles. The molecule has 0 N–H and O–H groups in total. The second kappa shape index (κ2) is 6.06. The molecule has 2 aromatic rings. The molecule has 0 aliphatic carbocycles. The van der Waals surface area contributed by atoms with Gasteiger partial charge in [0, 0.05) is 10.2 Å². The van der Waals surface area contributed by atoms with Gasteiger partial charge in [-0.1, -0.05) is 28.1 Å². The van der Waals surface area contributed by atoms with E-state index in [-0.39, 0.29) is 0 Å². The van der Waals surface area contributed by atoms with Crippen molar-refractivity contribution in [2.45, 2.75) is 39.6 Å². The monoisotopic (exact) mass is 339 g/mol. The number of alkyl halides is 1. The Morgan fingerprint density at radius 2 is 1.79 bits per heavy atom. The van der Waals surface area contributed by atoms with Crippen LogP contribution in [0, 0.1) is 27.7 Å². The molecule has 1 aromatic carbocycles. The summed E-state index contributed by atoms with van der Waals surface area (Å²) < 4.78 is 5.95. The number of benzene rings is 1. The summed E-state index contributed by atoms with van der Waals surface area (Å²) in [6.07, 6.45) is 0. The first-order valence-electron chi connectivity index (χ1n) is 6.23. The van der Waals surface area contributed by atoms with Gasteiger partial charge in [-0.2, -0.15) is 0 Å². The highest BCUT2D eigenvalue weighted by atomic mass is 79.9. The third kappa shape index (κ3) is 3.37. The summed E-state index contributed by atoms with van der Waals surface area (Å²) in [6, 6.07) is 4.32.